The van der Waals surface area contributed by atoms with Crippen LogP contribution in [0.15, 0.2) is 35.8 Å². The second kappa shape index (κ2) is 10.1. The predicted molar refractivity (Wildman–Crippen MR) is 145 cm³/mol. The number of fused-ring (bicyclic) bond motifs is 1. The van der Waals surface area contributed by atoms with E-state index in [-0.39, 0.29) is 23.2 Å². The molecule has 3 rings (SSSR count). The second-order valence-corrected chi connectivity index (χ2v) is 22.5. The van der Waals surface area contributed by atoms with Crippen LogP contribution in [0.3, 0.4) is 0 Å². The van der Waals surface area contributed by atoms with Gasteiger partial charge in [0, 0.05) is 24.8 Å². The van der Waals surface area contributed by atoms with Crippen molar-refractivity contribution in [1.29, 1.82) is 0 Å². The van der Waals surface area contributed by atoms with Crippen molar-refractivity contribution in [3.63, 3.8) is 0 Å². The average Bonchev–Trinajstić information content (AvgIpc) is 2.64. The third kappa shape index (κ3) is 6.76. The SMILES string of the molecule is C[C@H]1C=C2C=C[C@H](C)[C@H](CC[C@@H]3C[C@@H](O[Si](C)(C)C(C)(C)C)C=C(O[Si](C)(C)C)O3)[C@H]2C(=O)C1. The summed E-state index contributed by atoms with van der Waals surface area (Å²) in [4.78, 5) is 13.0. The normalized spacial score (nSPS) is 32.5. The zero-order valence-electron chi connectivity index (χ0n) is 23.2. The van der Waals surface area contributed by atoms with Crippen molar-refractivity contribution in [1.82, 2.24) is 0 Å². The van der Waals surface area contributed by atoms with Gasteiger partial charge in [0.05, 0.1) is 6.10 Å². The van der Waals surface area contributed by atoms with Crippen LogP contribution >= 0.6 is 0 Å². The Morgan fingerprint density at radius 3 is 2.35 bits per heavy atom. The van der Waals surface area contributed by atoms with E-state index in [1.54, 1.807) is 0 Å². The Morgan fingerprint density at radius 1 is 1.06 bits per heavy atom. The summed E-state index contributed by atoms with van der Waals surface area (Å²) in [6, 6.07) is 0. The highest BCUT2D eigenvalue weighted by atomic mass is 28.4. The highest BCUT2D eigenvalue weighted by molar-refractivity contribution is 6.74. The zero-order chi connectivity index (χ0) is 25.5. The zero-order valence-corrected chi connectivity index (χ0v) is 25.2. The minimum atomic E-state index is -1.92. The molecule has 0 unspecified atom stereocenters. The summed E-state index contributed by atoms with van der Waals surface area (Å²) in [7, 11) is -3.72. The summed E-state index contributed by atoms with van der Waals surface area (Å²) in [6.07, 6.45) is 12.4. The van der Waals surface area contributed by atoms with Crippen molar-refractivity contribution in [3.05, 3.63) is 35.8 Å². The molecule has 0 radical (unpaired) electrons. The molecule has 34 heavy (non-hydrogen) atoms. The number of hydrogen-bond acceptors (Lipinski definition) is 4. The topological polar surface area (TPSA) is 44.8 Å². The van der Waals surface area contributed by atoms with Crippen LogP contribution in [0.5, 0.6) is 0 Å². The summed E-state index contributed by atoms with van der Waals surface area (Å²) in [5.41, 5.74) is 1.23. The molecule has 0 spiro atoms. The highest BCUT2D eigenvalue weighted by Crippen LogP contribution is 2.43. The predicted octanol–water partition coefficient (Wildman–Crippen LogP) is 7.61. The number of ether oxygens (including phenoxy) is 1. The lowest BCUT2D eigenvalue weighted by Gasteiger charge is -2.41. The van der Waals surface area contributed by atoms with Crippen molar-refractivity contribution in [2.75, 3.05) is 0 Å². The fourth-order valence-electron chi connectivity index (χ4n) is 5.19. The average molecular weight is 505 g/mol. The molecule has 6 heteroatoms. The van der Waals surface area contributed by atoms with Crippen molar-refractivity contribution in [3.8, 4) is 0 Å². The molecule has 0 saturated heterocycles. The van der Waals surface area contributed by atoms with Gasteiger partial charge in [-0.3, -0.25) is 4.79 Å². The Hall–Kier alpha value is -1.12. The van der Waals surface area contributed by atoms with Gasteiger partial charge in [-0.05, 0) is 73.9 Å². The Bertz CT molecular complexity index is 843. The van der Waals surface area contributed by atoms with Gasteiger partial charge in [-0.1, -0.05) is 52.8 Å². The maximum Gasteiger partial charge on any atom is 0.263 e. The van der Waals surface area contributed by atoms with Crippen LogP contribution in [0.1, 0.15) is 60.3 Å². The summed E-state index contributed by atoms with van der Waals surface area (Å²) < 4.78 is 19.5. The van der Waals surface area contributed by atoms with Crippen LogP contribution in [0, 0.1) is 23.7 Å². The van der Waals surface area contributed by atoms with Gasteiger partial charge in [0.25, 0.3) is 5.95 Å². The smallest absolute Gasteiger partial charge is 0.263 e. The van der Waals surface area contributed by atoms with E-state index in [1.165, 1.54) is 5.57 Å². The largest absolute Gasteiger partial charge is 0.520 e. The molecule has 4 nitrogen and oxygen atoms in total. The third-order valence-electron chi connectivity index (χ3n) is 7.98. The van der Waals surface area contributed by atoms with E-state index in [1.807, 2.05) is 0 Å². The number of Topliss-reactive ketones (excluding diaryl/α,β-unsaturated/α-hetero) is 1. The first-order chi connectivity index (χ1) is 15.6. The van der Waals surface area contributed by atoms with Crippen LogP contribution < -0.4 is 0 Å². The van der Waals surface area contributed by atoms with Gasteiger partial charge in [-0.2, -0.15) is 0 Å². The minimum absolute atomic E-state index is 0.0160. The second-order valence-electron chi connectivity index (χ2n) is 13.3. The molecule has 192 valence electrons. The summed E-state index contributed by atoms with van der Waals surface area (Å²) in [6.45, 7) is 22.4. The lowest BCUT2D eigenvalue weighted by Crippen LogP contribution is -2.45. The number of hydrogen-bond donors (Lipinski definition) is 0. The molecule has 1 heterocycles. The number of rotatable bonds is 7. The summed E-state index contributed by atoms with van der Waals surface area (Å²) in [5, 5.41) is 0.152. The lowest BCUT2D eigenvalue weighted by atomic mass is 9.66. The van der Waals surface area contributed by atoms with E-state index in [4.69, 9.17) is 13.6 Å². The summed E-state index contributed by atoms with van der Waals surface area (Å²) >= 11 is 0. The van der Waals surface area contributed by atoms with E-state index in [0.717, 1.165) is 19.3 Å². The molecule has 0 aromatic carbocycles. The van der Waals surface area contributed by atoms with Gasteiger partial charge >= 0.3 is 0 Å². The fraction of sp³-hybridized carbons (Fsp3) is 0.750. The number of carbonyl (C=O) groups is 1. The molecular weight excluding hydrogens is 456 g/mol. The molecule has 0 fully saturated rings. The molecule has 0 N–H and O–H groups in total. The first kappa shape index (κ1) is 27.5. The molecule has 0 amide bonds. The molecule has 1 aliphatic heterocycles. The van der Waals surface area contributed by atoms with Gasteiger partial charge in [0.1, 0.15) is 11.9 Å². The first-order valence-corrected chi connectivity index (χ1v) is 19.6. The van der Waals surface area contributed by atoms with Gasteiger partial charge in [0.2, 0.25) is 8.32 Å². The molecule has 6 atom stereocenters. The molecule has 3 aliphatic rings. The Kier molecular flexibility index (Phi) is 8.16. The Labute approximate surface area is 210 Å². The number of carbonyl (C=O) groups excluding carboxylic acids is 1. The van der Waals surface area contributed by atoms with Crippen LogP contribution in [0.2, 0.25) is 37.8 Å². The maximum absolute atomic E-state index is 13.0. The van der Waals surface area contributed by atoms with E-state index in [0.29, 0.717) is 35.9 Å². The molecule has 0 aromatic rings. The van der Waals surface area contributed by atoms with E-state index >= 15 is 0 Å². The quantitative estimate of drug-likeness (QED) is 0.335. The third-order valence-corrected chi connectivity index (χ3v) is 13.3. The monoisotopic (exact) mass is 504 g/mol. The van der Waals surface area contributed by atoms with Gasteiger partial charge < -0.3 is 13.6 Å². The molecule has 0 saturated carbocycles. The maximum atomic E-state index is 13.0. The van der Waals surface area contributed by atoms with Crippen molar-refractivity contribution in [2.24, 2.45) is 23.7 Å². The van der Waals surface area contributed by atoms with Crippen molar-refractivity contribution < 1.29 is 18.4 Å². The Morgan fingerprint density at radius 2 is 1.74 bits per heavy atom. The van der Waals surface area contributed by atoms with E-state index in [9.17, 15) is 4.79 Å². The number of ketones is 1. The fourth-order valence-corrected chi connectivity index (χ4v) is 7.18. The molecule has 0 aromatic heterocycles. The van der Waals surface area contributed by atoms with Gasteiger partial charge in [-0.15, -0.1) is 0 Å². The van der Waals surface area contributed by atoms with Gasteiger partial charge in [-0.25, -0.2) is 0 Å². The highest BCUT2D eigenvalue weighted by Gasteiger charge is 2.42. The number of allylic oxidation sites excluding steroid dienone is 4. The lowest BCUT2D eigenvalue weighted by molar-refractivity contribution is -0.125. The molecule has 2 aliphatic carbocycles. The van der Waals surface area contributed by atoms with Crippen LogP contribution in [-0.2, 0) is 18.4 Å². The first-order valence-electron chi connectivity index (χ1n) is 13.2. The van der Waals surface area contributed by atoms with Crippen LogP contribution in [0.4, 0.5) is 0 Å². The standard InChI is InChI=1S/C28H48O4Si2/c1-19-15-21-12-11-20(2)24(27(21)25(29)16-19)14-13-22-17-23(31-34(9,10)28(3,4)5)18-26(30-22)32-33(6,7)8/h11-12,15,18-20,22-24,27H,13-14,16-17H2,1-10H3/t19-,20-,22+,23+,24-,27-/m0/s1. The minimum Gasteiger partial charge on any atom is -0.520 e. The Balaban J connectivity index is 1.74. The van der Waals surface area contributed by atoms with Crippen molar-refractivity contribution >= 4 is 22.4 Å². The molecule has 0 bridgehead atoms. The van der Waals surface area contributed by atoms with E-state index < -0.39 is 16.6 Å². The van der Waals surface area contributed by atoms with Gasteiger partial charge in [0.15, 0.2) is 8.32 Å². The van der Waals surface area contributed by atoms with Crippen LogP contribution in [-0.4, -0.2) is 34.6 Å². The molecular formula is C28H48O4Si2. The van der Waals surface area contributed by atoms with Crippen molar-refractivity contribution in [2.45, 2.75) is 110 Å². The van der Waals surface area contributed by atoms with E-state index in [2.05, 4.69) is 91.7 Å². The summed E-state index contributed by atoms with van der Waals surface area (Å²) in [5.74, 6) is 2.20. The van der Waals surface area contributed by atoms with Crippen LogP contribution in [0.25, 0.3) is 0 Å².